The summed E-state index contributed by atoms with van der Waals surface area (Å²) in [7, 11) is 0. The number of carbonyl (C=O) groups excluding carboxylic acids is 1. The lowest BCUT2D eigenvalue weighted by molar-refractivity contribution is -0.121. The third kappa shape index (κ3) is 4.24. The maximum atomic E-state index is 11.1. The van der Waals surface area contributed by atoms with Crippen molar-refractivity contribution in [1.29, 1.82) is 0 Å². The van der Waals surface area contributed by atoms with E-state index in [9.17, 15) is 4.79 Å². The molecular weight excluding hydrogens is 166 g/mol. The maximum Gasteiger partial charge on any atom is 0.220 e. The van der Waals surface area contributed by atoms with Gasteiger partial charge in [0, 0.05) is 39.3 Å². The van der Waals surface area contributed by atoms with E-state index < -0.39 is 0 Å². The molecule has 1 fully saturated rings. The topological polar surface area (TPSA) is 44.4 Å². The van der Waals surface area contributed by atoms with Gasteiger partial charge in [0.25, 0.3) is 0 Å². The van der Waals surface area contributed by atoms with Crippen LogP contribution >= 0.6 is 0 Å². The molecule has 0 unspecified atom stereocenters. The normalized spacial score (nSPS) is 17.6. The van der Waals surface area contributed by atoms with Crippen LogP contribution in [0.1, 0.15) is 19.8 Å². The summed E-state index contributed by atoms with van der Waals surface area (Å²) >= 11 is 0. The predicted octanol–water partition coefficient (Wildman–Crippen LogP) is -0.235. The summed E-state index contributed by atoms with van der Waals surface area (Å²) in [5, 5.41) is 6.15. The molecule has 0 atom stereocenters. The molecule has 1 heterocycles. The van der Waals surface area contributed by atoms with E-state index in [2.05, 4.69) is 15.5 Å². The van der Waals surface area contributed by atoms with Crippen molar-refractivity contribution in [2.75, 3.05) is 32.8 Å². The minimum absolute atomic E-state index is 0.176. The van der Waals surface area contributed by atoms with E-state index in [0.717, 1.165) is 39.3 Å². The van der Waals surface area contributed by atoms with Crippen molar-refractivity contribution in [1.82, 2.24) is 15.5 Å². The fourth-order valence-electron chi connectivity index (χ4n) is 1.41. The van der Waals surface area contributed by atoms with Gasteiger partial charge in [-0.25, -0.2) is 0 Å². The van der Waals surface area contributed by atoms with Gasteiger partial charge in [-0.15, -0.1) is 0 Å². The zero-order valence-electron chi connectivity index (χ0n) is 8.31. The Morgan fingerprint density at radius 3 is 3.08 bits per heavy atom. The van der Waals surface area contributed by atoms with Crippen LogP contribution in [0.2, 0.25) is 0 Å². The fraction of sp³-hybridized carbons (Fsp3) is 0.889. The van der Waals surface area contributed by atoms with Crippen LogP contribution in [0.25, 0.3) is 0 Å². The van der Waals surface area contributed by atoms with Gasteiger partial charge in [-0.1, -0.05) is 6.92 Å². The van der Waals surface area contributed by atoms with Crippen LogP contribution in [0.15, 0.2) is 0 Å². The number of nitrogens with one attached hydrogen (secondary N) is 2. The molecule has 4 heteroatoms. The van der Waals surface area contributed by atoms with Gasteiger partial charge in [-0.05, 0) is 6.42 Å². The van der Waals surface area contributed by atoms with Crippen molar-refractivity contribution in [2.24, 2.45) is 0 Å². The lowest BCUT2D eigenvalue weighted by Crippen LogP contribution is -2.34. The Morgan fingerprint density at radius 1 is 1.62 bits per heavy atom. The Bertz CT molecular complexity index is 155. The Hall–Kier alpha value is -0.610. The van der Waals surface area contributed by atoms with Crippen LogP contribution in [-0.4, -0.2) is 43.7 Å². The van der Waals surface area contributed by atoms with Crippen LogP contribution in [0.5, 0.6) is 0 Å². The van der Waals surface area contributed by atoms with Gasteiger partial charge < -0.3 is 10.6 Å². The molecule has 0 aromatic carbocycles. The number of nitrogens with zero attached hydrogens (tertiary/aromatic N) is 1. The van der Waals surface area contributed by atoms with Crippen molar-refractivity contribution < 1.29 is 4.79 Å². The maximum absolute atomic E-state index is 11.1. The number of hydrogen-bond acceptors (Lipinski definition) is 3. The standard InChI is InChI=1S/C9H19N3O/c1-2-3-9(13)11-5-7-12-6-4-10-8-12/h10H,2-8H2,1H3,(H,11,13). The smallest absolute Gasteiger partial charge is 0.220 e. The predicted molar refractivity (Wildman–Crippen MR) is 52.4 cm³/mol. The lowest BCUT2D eigenvalue weighted by Gasteiger charge is -2.13. The molecule has 0 radical (unpaired) electrons. The summed E-state index contributed by atoms with van der Waals surface area (Å²) in [6.45, 7) is 6.89. The van der Waals surface area contributed by atoms with Crippen LogP contribution < -0.4 is 10.6 Å². The van der Waals surface area contributed by atoms with Gasteiger partial charge in [0.05, 0.1) is 0 Å². The summed E-state index contributed by atoms with van der Waals surface area (Å²) in [6.07, 6.45) is 1.58. The minimum atomic E-state index is 0.176. The molecular formula is C9H19N3O. The number of carbonyl (C=O) groups is 1. The average molecular weight is 185 g/mol. The summed E-state index contributed by atoms with van der Waals surface area (Å²) in [5.74, 6) is 0.176. The highest BCUT2D eigenvalue weighted by Crippen LogP contribution is 1.90. The summed E-state index contributed by atoms with van der Waals surface area (Å²) < 4.78 is 0. The molecule has 0 aromatic heterocycles. The molecule has 76 valence electrons. The first-order valence-electron chi connectivity index (χ1n) is 5.02. The van der Waals surface area contributed by atoms with Crippen LogP contribution in [0, 0.1) is 0 Å². The van der Waals surface area contributed by atoms with E-state index in [4.69, 9.17) is 0 Å². The molecule has 1 amide bonds. The van der Waals surface area contributed by atoms with Gasteiger partial charge in [0.2, 0.25) is 5.91 Å². The molecule has 2 N–H and O–H groups in total. The third-order valence-electron chi connectivity index (χ3n) is 2.17. The fourth-order valence-corrected chi connectivity index (χ4v) is 1.41. The van der Waals surface area contributed by atoms with Gasteiger partial charge >= 0.3 is 0 Å². The molecule has 1 rings (SSSR count). The Morgan fingerprint density at radius 2 is 2.46 bits per heavy atom. The van der Waals surface area contributed by atoms with E-state index in [-0.39, 0.29) is 5.91 Å². The molecule has 1 aliphatic heterocycles. The lowest BCUT2D eigenvalue weighted by atomic mass is 10.3. The zero-order valence-corrected chi connectivity index (χ0v) is 8.31. The van der Waals surface area contributed by atoms with Crippen molar-refractivity contribution >= 4 is 5.91 Å². The molecule has 13 heavy (non-hydrogen) atoms. The van der Waals surface area contributed by atoms with Gasteiger partial charge in [-0.2, -0.15) is 0 Å². The average Bonchev–Trinajstić information content (AvgIpc) is 2.57. The quantitative estimate of drug-likeness (QED) is 0.621. The Labute approximate surface area is 79.7 Å². The zero-order chi connectivity index (χ0) is 9.52. The number of rotatable bonds is 5. The molecule has 1 saturated heterocycles. The second-order valence-corrected chi connectivity index (χ2v) is 3.38. The minimum Gasteiger partial charge on any atom is -0.355 e. The first kappa shape index (κ1) is 10.5. The molecule has 0 aliphatic carbocycles. The molecule has 0 bridgehead atoms. The highest BCUT2D eigenvalue weighted by Gasteiger charge is 2.09. The van der Waals surface area contributed by atoms with Gasteiger partial charge in [0.1, 0.15) is 0 Å². The molecule has 0 aromatic rings. The molecule has 0 saturated carbocycles. The van der Waals surface area contributed by atoms with E-state index >= 15 is 0 Å². The summed E-state index contributed by atoms with van der Waals surface area (Å²) in [6, 6.07) is 0. The van der Waals surface area contributed by atoms with Gasteiger partial charge in [0.15, 0.2) is 0 Å². The SMILES string of the molecule is CCCC(=O)NCCN1CCNC1. The second-order valence-electron chi connectivity index (χ2n) is 3.38. The number of hydrogen-bond donors (Lipinski definition) is 2. The van der Waals surface area contributed by atoms with Crippen molar-refractivity contribution in [3.8, 4) is 0 Å². The highest BCUT2D eigenvalue weighted by molar-refractivity contribution is 5.75. The molecule has 0 spiro atoms. The van der Waals surface area contributed by atoms with Crippen LogP contribution in [-0.2, 0) is 4.79 Å². The van der Waals surface area contributed by atoms with Crippen LogP contribution in [0.3, 0.4) is 0 Å². The van der Waals surface area contributed by atoms with Crippen molar-refractivity contribution in [3.05, 3.63) is 0 Å². The largest absolute Gasteiger partial charge is 0.355 e. The Balaban J connectivity index is 1.96. The first-order chi connectivity index (χ1) is 6.33. The number of amides is 1. The third-order valence-corrected chi connectivity index (χ3v) is 2.17. The first-order valence-corrected chi connectivity index (χ1v) is 5.02. The summed E-state index contributed by atoms with van der Waals surface area (Å²) in [4.78, 5) is 13.4. The van der Waals surface area contributed by atoms with Crippen molar-refractivity contribution in [2.45, 2.75) is 19.8 Å². The van der Waals surface area contributed by atoms with Crippen LogP contribution in [0.4, 0.5) is 0 Å². The van der Waals surface area contributed by atoms with E-state index in [0.29, 0.717) is 6.42 Å². The van der Waals surface area contributed by atoms with E-state index in [1.165, 1.54) is 0 Å². The van der Waals surface area contributed by atoms with Gasteiger partial charge in [-0.3, -0.25) is 9.69 Å². The Kier molecular flexibility index (Phi) is 4.78. The monoisotopic (exact) mass is 185 g/mol. The van der Waals surface area contributed by atoms with E-state index in [1.54, 1.807) is 0 Å². The summed E-state index contributed by atoms with van der Waals surface area (Å²) in [5.41, 5.74) is 0. The molecule has 4 nitrogen and oxygen atoms in total. The van der Waals surface area contributed by atoms with Crippen molar-refractivity contribution in [3.63, 3.8) is 0 Å². The molecule has 1 aliphatic rings. The highest BCUT2D eigenvalue weighted by atomic mass is 16.1. The van der Waals surface area contributed by atoms with E-state index in [1.807, 2.05) is 6.92 Å². The second kappa shape index (κ2) is 5.94.